The molecule has 0 spiro atoms. The lowest BCUT2D eigenvalue weighted by atomic mass is 9.84. The summed E-state index contributed by atoms with van der Waals surface area (Å²) in [5, 5.41) is 15.9. The van der Waals surface area contributed by atoms with E-state index in [0.29, 0.717) is 25.3 Å². The number of aliphatic hydroxyl groups excluding tert-OH is 1. The van der Waals surface area contributed by atoms with E-state index < -0.39 is 6.10 Å². The molecule has 5 rings (SSSR count). The van der Waals surface area contributed by atoms with Gasteiger partial charge in [0.15, 0.2) is 0 Å². The van der Waals surface area contributed by atoms with Crippen LogP contribution in [0.3, 0.4) is 0 Å². The third-order valence-electron chi connectivity index (χ3n) is 7.02. The van der Waals surface area contributed by atoms with Gasteiger partial charge < -0.3 is 30.0 Å². The van der Waals surface area contributed by atoms with E-state index >= 15 is 0 Å². The quantitative estimate of drug-likeness (QED) is 0.509. The summed E-state index contributed by atoms with van der Waals surface area (Å²) in [5.74, 6) is 1.94. The van der Waals surface area contributed by atoms with Crippen molar-refractivity contribution in [2.75, 3.05) is 19.0 Å². The van der Waals surface area contributed by atoms with Crippen LogP contribution in [0.15, 0.2) is 42.5 Å². The molecule has 35 heavy (non-hydrogen) atoms. The van der Waals surface area contributed by atoms with Gasteiger partial charge >= 0.3 is 0 Å². The maximum atomic E-state index is 12.7. The summed E-state index contributed by atoms with van der Waals surface area (Å²) in [5.41, 5.74) is 2.72. The number of hydrogen-bond acceptors (Lipinski definition) is 6. The van der Waals surface area contributed by atoms with Crippen molar-refractivity contribution in [1.29, 1.82) is 0 Å². The van der Waals surface area contributed by atoms with Gasteiger partial charge in [-0.1, -0.05) is 12.1 Å². The summed E-state index contributed by atoms with van der Waals surface area (Å²) in [6.07, 6.45) is 2.45. The molecular formula is C27H32N2O6. The minimum absolute atomic E-state index is 0.0180. The first-order valence-corrected chi connectivity index (χ1v) is 12.3. The second-order valence-electron chi connectivity index (χ2n) is 9.68. The monoisotopic (exact) mass is 480 g/mol. The van der Waals surface area contributed by atoms with Crippen LogP contribution in [0.5, 0.6) is 11.5 Å². The minimum atomic E-state index is -0.520. The van der Waals surface area contributed by atoms with Crippen molar-refractivity contribution in [3.8, 4) is 11.5 Å². The summed E-state index contributed by atoms with van der Waals surface area (Å²) in [4.78, 5) is 24.9. The smallest absolute Gasteiger partial charge is 0.224 e. The van der Waals surface area contributed by atoms with Gasteiger partial charge in [-0.2, -0.15) is 0 Å². The first-order valence-electron chi connectivity index (χ1n) is 12.3. The van der Waals surface area contributed by atoms with Gasteiger partial charge in [-0.3, -0.25) is 9.59 Å². The molecular weight excluding hydrogens is 448 g/mol. The minimum Gasteiger partial charge on any atom is -0.497 e. The number of benzene rings is 2. The van der Waals surface area contributed by atoms with Gasteiger partial charge in [0.1, 0.15) is 23.7 Å². The summed E-state index contributed by atoms with van der Waals surface area (Å²) >= 11 is 0. The van der Waals surface area contributed by atoms with Gasteiger partial charge in [0, 0.05) is 30.1 Å². The third-order valence-corrected chi connectivity index (χ3v) is 7.02. The Morgan fingerprint density at radius 2 is 1.89 bits per heavy atom. The predicted octanol–water partition coefficient (Wildman–Crippen LogP) is 3.13. The van der Waals surface area contributed by atoms with Crippen molar-refractivity contribution in [3.05, 3.63) is 53.6 Å². The number of carbonyl (C=O) groups excluding carboxylic acids is 2. The maximum absolute atomic E-state index is 12.7. The van der Waals surface area contributed by atoms with Crippen LogP contribution < -0.4 is 20.1 Å². The molecule has 2 aromatic carbocycles. The Kier molecular flexibility index (Phi) is 6.92. The Balaban J connectivity index is 1.21. The average molecular weight is 481 g/mol. The van der Waals surface area contributed by atoms with Crippen molar-refractivity contribution >= 4 is 17.5 Å². The molecule has 186 valence electrons. The van der Waals surface area contributed by atoms with E-state index in [9.17, 15) is 14.7 Å². The zero-order valence-electron chi connectivity index (χ0n) is 19.9. The molecule has 0 bridgehead atoms. The number of aliphatic hydroxyl groups is 1. The molecule has 1 saturated heterocycles. The van der Waals surface area contributed by atoms with Crippen LogP contribution in [0, 0.1) is 5.92 Å². The van der Waals surface area contributed by atoms with Crippen LogP contribution in [-0.2, 0) is 20.9 Å². The Labute approximate surface area is 205 Å². The van der Waals surface area contributed by atoms with E-state index in [1.807, 2.05) is 42.5 Å². The van der Waals surface area contributed by atoms with E-state index in [2.05, 4.69) is 10.6 Å². The molecule has 4 atom stereocenters. The fourth-order valence-corrected chi connectivity index (χ4v) is 4.99. The molecule has 8 nitrogen and oxygen atoms in total. The van der Waals surface area contributed by atoms with Crippen LogP contribution in [0.2, 0.25) is 0 Å². The van der Waals surface area contributed by atoms with Crippen LogP contribution in [-0.4, -0.2) is 48.9 Å². The van der Waals surface area contributed by atoms with Gasteiger partial charge in [0.25, 0.3) is 0 Å². The van der Waals surface area contributed by atoms with E-state index in [0.717, 1.165) is 41.2 Å². The number of nitrogens with one attached hydrogen (secondary N) is 2. The Morgan fingerprint density at radius 1 is 1.09 bits per heavy atom. The topological polar surface area (TPSA) is 106 Å². The average Bonchev–Trinajstić information content (AvgIpc) is 3.60. The van der Waals surface area contributed by atoms with Crippen molar-refractivity contribution in [2.24, 2.45) is 5.92 Å². The Bertz CT molecular complexity index is 1070. The molecule has 2 aromatic rings. The van der Waals surface area contributed by atoms with Crippen LogP contribution in [0.1, 0.15) is 49.1 Å². The Hall–Kier alpha value is -3.10. The second kappa shape index (κ2) is 10.3. The van der Waals surface area contributed by atoms with E-state index in [-0.39, 0.29) is 43.0 Å². The van der Waals surface area contributed by atoms with Gasteiger partial charge in [0.05, 0.1) is 26.2 Å². The van der Waals surface area contributed by atoms with Crippen molar-refractivity contribution < 1.29 is 28.9 Å². The van der Waals surface area contributed by atoms with Gasteiger partial charge in [0.2, 0.25) is 11.8 Å². The third kappa shape index (κ3) is 5.60. The highest BCUT2D eigenvalue weighted by molar-refractivity contribution is 5.91. The molecule has 2 heterocycles. The molecule has 3 aliphatic rings. The molecule has 8 heteroatoms. The summed E-state index contributed by atoms with van der Waals surface area (Å²) in [6.45, 7) is 0.227. The first kappa shape index (κ1) is 23.6. The highest BCUT2D eigenvalue weighted by Gasteiger charge is 2.46. The number of rotatable bonds is 9. The lowest BCUT2D eigenvalue weighted by Gasteiger charge is -2.37. The standard InChI is InChI=1S/C27H32N2O6/c1-33-19-7-4-17(5-8-19)14-28-25(31)13-20-12-22-21-11-18(29-26(32)10-16-2-3-16)6-9-23(21)35-27(22)24(15-30)34-20/h4-9,11,16,20,22,24,27,30H,2-3,10,12-15H2,1H3,(H,28,31)(H,29,32)/t20-,22+,24+,27-/m1/s1. The number of fused-ring (bicyclic) bond motifs is 3. The summed E-state index contributed by atoms with van der Waals surface area (Å²) in [7, 11) is 1.62. The molecule has 0 aromatic heterocycles. The van der Waals surface area contributed by atoms with Gasteiger partial charge in [-0.15, -0.1) is 0 Å². The predicted molar refractivity (Wildman–Crippen MR) is 129 cm³/mol. The number of hydrogen-bond donors (Lipinski definition) is 3. The summed E-state index contributed by atoms with van der Waals surface area (Å²) in [6, 6.07) is 13.2. The summed E-state index contributed by atoms with van der Waals surface area (Å²) < 4.78 is 17.3. The molecule has 3 N–H and O–H groups in total. The maximum Gasteiger partial charge on any atom is 0.224 e. The van der Waals surface area contributed by atoms with E-state index in [4.69, 9.17) is 14.2 Å². The fraction of sp³-hybridized carbons (Fsp3) is 0.481. The van der Waals surface area contributed by atoms with Crippen LogP contribution in [0.4, 0.5) is 5.69 Å². The lowest BCUT2D eigenvalue weighted by Crippen LogP contribution is -2.47. The Morgan fingerprint density at radius 3 is 2.60 bits per heavy atom. The highest BCUT2D eigenvalue weighted by atomic mass is 16.6. The number of methoxy groups -OCH3 is 1. The number of ether oxygens (including phenoxy) is 3. The van der Waals surface area contributed by atoms with Crippen molar-refractivity contribution in [2.45, 2.75) is 62.9 Å². The van der Waals surface area contributed by atoms with Gasteiger partial charge in [-0.05, 0) is 61.1 Å². The van der Waals surface area contributed by atoms with Crippen LogP contribution in [0.25, 0.3) is 0 Å². The lowest BCUT2D eigenvalue weighted by molar-refractivity contribution is -0.142. The SMILES string of the molecule is COc1ccc(CNC(=O)C[C@H]2C[C@H]3c4cc(NC(=O)CC5CC5)ccc4O[C@H]3[C@H](CO)O2)cc1. The molecule has 1 saturated carbocycles. The van der Waals surface area contributed by atoms with E-state index in [1.54, 1.807) is 7.11 Å². The van der Waals surface area contributed by atoms with Gasteiger partial charge in [-0.25, -0.2) is 0 Å². The molecule has 0 radical (unpaired) electrons. The number of carbonyl (C=O) groups is 2. The zero-order chi connectivity index (χ0) is 24.4. The van der Waals surface area contributed by atoms with E-state index in [1.165, 1.54) is 0 Å². The normalized spacial score (nSPS) is 24.6. The van der Waals surface area contributed by atoms with Crippen molar-refractivity contribution in [1.82, 2.24) is 5.32 Å². The zero-order valence-corrected chi connectivity index (χ0v) is 19.9. The molecule has 2 fully saturated rings. The molecule has 2 amide bonds. The molecule has 1 aliphatic carbocycles. The number of amides is 2. The van der Waals surface area contributed by atoms with Crippen LogP contribution >= 0.6 is 0 Å². The highest BCUT2D eigenvalue weighted by Crippen LogP contribution is 2.47. The molecule has 2 aliphatic heterocycles. The number of anilines is 1. The van der Waals surface area contributed by atoms with Crippen molar-refractivity contribution in [3.63, 3.8) is 0 Å². The molecule has 0 unspecified atom stereocenters. The first-order chi connectivity index (χ1) is 17.0. The largest absolute Gasteiger partial charge is 0.497 e. The fourth-order valence-electron chi connectivity index (χ4n) is 4.99. The second-order valence-corrected chi connectivity index (χ2v) is 9.68.